The fraction of sp³-hybridized carbons (Fsp3) is 0.391. The normalized spacial score (nSPS) is 20.9. The fourth-order valence-electron chi connectivity index (χ4n) is 4.52. The summed E-state index contributed by atoms with van der Waals surface area (Å²) < 4.78 is 34.2. The van der Waals surface area contributed by atoms with E-state index in [-0.39, 0.29) is 40.8 Å². The predicted molar refractivity (Wildman–Crippen MR) is 121 cm³/mol. The lowest BCUT2D eigenvalue weighted by Crippen LogP contribution is -2.30. The van der Waals surface area contributed by atoms with Crippen LogP contribution < -0.4 is 9.46 Å². The summed E-state index contributed by atoms with van der Waals surface area (Å²) >= 11 is 6.12. The molecule has 170 valence electrons. The van der Waals surface area contributed by atoms with Crippen molar-refractivity contribution in [3.05, 3.63) is 52.5 Å². The minimum absolute atomic E-state index is 0.0351. The number of benzene rings is 2. The molecule has 1 heterocycles. The van der Waals surface area contributed by atoms with Crippen LogP contribution in [0.3, 0.4) is 0 Å². The number of methoxy groups -OCH3 is 1. The van der Waals surface area contributed by atoms with Gasteiger partial charge in [0.25, 0.3) is 10.0 Å². The van der Waals surface area contributed by atoms with Gasteiger partial charge in [0.1, 0.15) is 10.6 Å². The van der Waals surface area contributed by atoms with E-state index in [2.05, 4.69) is 4.72 Å². The Morgan fingerprint density at radius 3 is 2.38 bits per heavy atom. The number of nitrogens with one attached hydrogen (secondary N) is 1. The minimum Gasteiger partial charge on any atom is -0.495 e. The average molecular weight is 477 g/mol. The number of carbonyl (C=O) groups is 2. The summed E-state index contributed by atoms with van der Waals surface area (Å²) in [7, 11) is -2.64. The molecule has 1 aliphatic carbocycles. The maximum atomic E-state index is 13.2. The lowest BCUT2D eigenvalue weighted by Gasteiger charge is -2.19. The topological polar surface area (TPSA) is 92.8 Å². The second kappa shape index (κ2) is 8.75. The van der Waals surface area contributed by atoms with Crippen LogP contribution in [0.1, 0.15) is 36.8 Å². The van der Waals surface area contributed by atoms with E-state index in [0.717, 1.165) is 25.7 Å². The van der Waals surface area contributed by atoms with Crippen LogP contribution in [0, 0.1) is 18.8 Å². The monoisotopic (exact) mass is 476 g/mol. The van der Waals surface area contributed by atoms with Gasteiger partial charge in [-0.2, -0.15) is 0 Å². The first-order chi connectivity index (χ1) is 15.2. The molecule has 7 nitrogen and oxygen atoms in total. The summed E-state index contributed by atoms with van der Waals surface area (Å²) in [4.78, 5) is 26.8. The molecule has 9 heteroatoms. The smallest absolute Gasteiger partial charge is 0.265 e. The first-order valence-corrected chi connectivity index (χ1v) is 12.4. The SMILES string of the molecule is COc1ccc(CN2C(=O)[C@@H]3CCCC[C@H]3C2=O)cc1S(=O)(=O)Nc1cccc(Cl)c1C. The van der Waals surface area contributed by atoms with Crippen molar-refractivity contribution < 1.29 is 22.7 Å². The number of imide groups is 1. The van der Waals surface area contributed by atoms with Crippen LogP contribution in [-0.2, 0) is 26.2 Å². The number of halogens is 1. The number of nitrogens with zero attached hydrogens (tertiary/aromatic N) is 1. The lowest BCUT2D eigenvalue weighted by molar-refractivity contribution is -0.140. The number of carbonyl (C=O) groups excluding carboxylic acids is 2. The Balaban J connectivity index is 1.63. The molecule has 2 aromatic carbocycles. The summed E-state index contributed by atoms with van der Waals surface area (Å²) in [5.41, 5.74) is 1.50. The van der Waals surface area contributed by atoms with Crippen LogP contribution in [0.25, 0.3) is 0 Å². The molecule has 2 fully saturated rings. The van der Waals surface area contributed by atoms with E-state index in [9.17, 15) is 18.0 Å². The van der Waals surface area contributed by atoms with Crippen molar-refractivity contribution in [1.29, 1.82) is 0 Å². The quantitative estimate of drug-likeness (QED) is 0.632. The molecule has 0 bridgehead atoms. The van der Waals surface area contributed by atoms with Crippen LogP contribution >= 0.6 is 11.6 Å². The Kier molecular flexibility index (Phi) is 6.18. The Hall–Kier alpha value is -2.58. The van der Waals surface area contributed by atoms with E-state index in [1.54, 1.807) is 31.2 Å². The predicted octanol–water partition coefficient (Wildman–Crippen LogP) is 4.13. The van der Waals surface area contributed by atoms with Crippen LogP contribution in [0.2, 0.25) is 5.02 Å². The van der Waals surface area contributed by atoms with E-state index < -0.39 is 10.0 Å². The standard InChI is InChI=1S/C23H25ClN2O5S/c1-14-18(24)8-5-9-19(14)25-32(29,30)21-12-15(10-11-20(21)31-2)13-26-22(27)16-6-3-4-7-17(16)23(26)28/h5,8-12,16-17,25H,3-4,6-7,13H2,1-2H3/t16-,17-/m1/s1. The maximum absolute atomic E-state index is 13.2. The average Bonchev–Trinajstić information content (AvgIpc) is 3.02. The highest BCUT2D eigenvalue weighted by Crippen LogP contribution is 2.39. The van der Waals surface area contributed by atoms with Gasteiger partial charge in [0.2, 0.25) is 11.8 Å². The van der Waals surface area contributed by atoms with E-state index >= 15 is 0 Å². The van der Waals surface area contributed by atoms with Gasteiger partial charge in [-0.15, -0.1) is 0 Å². The number of hydrogen-bond acceptors (Lipinski definition) is 5. The Labute approximate surface area is 192 Å². The van der Waals surface area contributed by atoms with E-state index in [1.807, 2.05) is 0 Å². The molecule has 2 amide bonds. The summed E-state index contributed by atoms with van der Waals surface area (Å²) in [5, 5.41) is 0.443. The highest BCUT2D eigenvalue weighted by Gasteiger charge is 2.47. The van der Waals surface area contributed by atoms with Crippen molar-refractivity contribution in [2.75, 3.05) is 11.8 Å². The molecule has 0 aromatic heterocycles. The minimum atomic E-state index is -4.02. The van der Waals surface area contributed by atoms with Crippen LogP contribution in [0.5, 0.6) is 5.75 Å². The molecule has 4 rings (SSSR count). The zero-order chi connectivity index (χ0) is 23.0. The summed E-state index contributed by atoms with van der Waals surface area (Å²) in [6.45, 7) is 1.76. The Morgan fingerprint density at radius 2 is 1.75 bits per heavy atom. The number of anilines is 1. The first-order valence-electron chi connectivity index (χ1n) is 10.5. The van der Waals surface area contributed by atoms with Crippen molar-refractivity contribution in [1.82, 2.24) is 4.90 Å². The molecule has 2 aromatic rings. The van der Waals surface area contributed by atoms with Gasteiger partial charge in [-0.25, -0.2) is 8.42 Å². The molecular formula is C23H25ClN2O5S. The molecule has 0 radical (unpaired) electrons. The summed E-state index contributed by atoms with van der Waals surface area (Å²) in [6, 6.07) is 9.61. The number of likely N-dealkylation sites (tertiary alicyclic amines) is 1. The van der Waals surface area contributed by atoms with Crippen LogP contribution in [0.4, 0.5) is 5.69 Å². The highest BCUT2D eigenvalue weighted by atomic mass is 35.5. The molecule has 1 saturated carbocycles. The largest absolute Gasteiger partial charge is 0.495 e. The van der Waals surface area contributed by atoms with Crippen molar-refractivity contribution in [3.8, 4) is 5.75 Å². The van der Waals surface area contributed by atoms with Crippen molar-refractivity contribution in [3.63, 3.8) is 0 Å². The van der Waals surface area contributed by atoms with Crippen LogP contribution in [0.15, 0.2) is 41.3 Å². The number of hydrogen-bond donors (Lipinski definition) is 1. The number of ether oxygens (including phenoxy) is 1. The Morgan fingerprint density at radius 1 is 1.09 bits per heavy atom. The fourth-order valence-corrected chi connectivity index (χ4v) is 6.03. The Bertz CT molecular complexity index is 1160. The van der Waals surface area contributed by atoms with Crippen LogP contribution in [-0.4, -0.2) is 32.2 Å². The summed E-state index contributed by atoms with van der Waals surface area (Å²) in [5.74, 6) is -0.649. The molecule has 0 unspecified atom stereocenters. The third kappa shape index (κ3) is 4.09. The first kappa shape index (κ1) is 22.6. The second-order valence-corrected chi connectivity index (χ2v) is 10.3. The van der Waals surface area contributed by atoms with Crippen molar-refractivity contribution in [2.24, 2.45) is 11.8 Å². The summed E-state index contributed by atoms with van der Waals surface area (Å²) in [6.07, 6.45) is 3.37. The number of sulfonamides is 1. The highest BCUT2D eigenvalue weighted by molar-refractivity contribution is 7.92. The maximum Gasteiger partial charge on any atom is 0.265 e. The molecule has 1 aliphatic heterocycles. The van der Waals surface area contributed by atoms with Crippen molar-refractivity contribution in [2.45, 2.75) is 44.0 Å². The molecule has 2 atom stereocenters. The zero-order valence-corrected chi connectivity index (χ0v) is 19.5. The van der Waals surface area contributed by atoms with Gasteiger partial charge >= 0.3 is 0 Å². The molecule has 32 heavy (non-hydrogen) atoms. The van der Waals surface area contributed by atoms with Gasteiger partial charge in [-0.1, -0.05) is 36.6 Å². The third-order valence-electron chi connectivity index (χ3n) is 6.30. The molecule has 1 saturated heterocycles. The number of rotatable bonds is 6. The number of fused-ring (bicyclic) bond motifs is 1. The van der Waals surface area contributed by atoms with Gasteiger partial charge in [0, 0.05) is 5.02 Å². The van der Waals surface area contributed by atoms with Gasteiger partial charge in [-0.3, -0.25) is 19.2 Å². The van der Waals surface area contributed by atoms with E-state index in [1.165, 1.54) is 24.1 Å². The second-order valence-electron chi connectivity index (χ2n) is 8.26. The molecule has 1 N–H and O–H groups in total. The van der Waals surface area contributed by atoms with Gasteiger partial charge in [-0.05, 0) is 55.2 Å². The van der Waals surface area contributed by atoms with E-state index in [4.69, 9.17) is 16.3 Å². The lowest BCUT2D eigenvalue weighted by atomic mass is 9.81. The van der Waals surface area contributed by atoms with Gasteiger partial charge in [0.15, 0.2) is 0 Å². The van der Waals surface area contributed by atoms with Gasteiger partial charge in [0.05, 0.1) is 31.2 Å². The third-order valence-corrected chi connectivity index (χ3v) is 8.10. The van der Waals surface area contributed by atoms with E-state index in [0.29, 0.717) is 21.8 Å². The van der Waals surface area contributed by atoms with Gasteiger partial charge < -0.3 is 4.74 Å². The van der Waals surface area contributed by atoms with Crippen molar-refractivity contribution >= 4 is 39.1 Å². The molecule has 2 aliphatic rings. The molecule has 0 spiro atoms. The molecular weight excluding hydrogens is 452 g/mol. The zero-order valence-electron chi connectivity index (χ0n) is 17.9. The number of amides is 2.